The minimum absolute atomic E-state index is 0.00912. The van der Waals surface area contributed by atoms with Gasteiger partial charge in [0, 0.05) is 11.6 Å². The molecule has 2 aromatic carbocycles. The average Bonchev–Trinajstić information content (AvgIpc) is 2.98. The lowest BCUT2D eigenvalue weighted by Crippen LogP contribution is -2.35. The van der Waals surface area contributed by atoms with E-state index in [0.29, 0.717) is 5.56 Å². The Kier molecular flexibility index (Phi) is 6.27. The molecule has 0 amide bonds. The van der Waals surface area contributed by atoms with Crippen LogP contribution in [0.3, 0.4) is 0 Å². The summed E-state index contributed by atoms with van der Waals surface area (Å²) >= 11 is 5.88. The summed E-state index contributed by atoms with van der Waals surface area (Å²) in [5, 5.41) is 0.102. The molecule has 29 heavy (non-hydrogen) atoms. The minimum Gasteiger partial charge on any atom is -0.457 e. The summed E-state index contributed by atoms with van der Waals surface area (Å²) in [6.45, 7) is -0.215. The highest BCUT2D eigenvalue weighted by molar-refractivity contribution is 7.92. The normalized spacial score (nSPS) is 18.5. The topological polar surface area (TPSA) is 107 Å². The summed E-state index contributed by atoms with van der Waals surface area (Å²) < 4.78 is 68.6. The van der Waals surface area contributed by atoms with Crippen LogP contribution in [-0.2, 0) is 31.2 Å². The molecule has 156 valence electrons. The predicted octanol–water partition coefficient (Wildman–Crippen LogP) is 2.30. The van der Waals surface area contributed by atoms with E-state index in [1.165, 1.54) is 30.3 Å². The highest BCUT2D eigenvalue weighted by atomic mass is 35.5. The van der Waals surface area contributed by atoms with E-state index in [4.69, 9.17) is 16.3 Å². The molecular weight excluding hydrogens is 445 g/mol. The Labute approximate surface area is 172 Å². The molecule has 1 aliphatic heterocycles. The van der Waals surface area contributed by atoms with Crippen molar-refractivity contribution in [3.8, 4) is 0 Å². The van der Waals surface area contributed by atoms with Crippen molar-refractivity contribution in [3.05, 3.63) is 64.4 Å². The van der Waals surface area contributed by atoms with Crippen molar-refractivity contribution in [1.29, 1.82) is 0 Å². The molecule has 1 unspecified atom stereocenters. The number of benzene rings is 2. The Morgan fingerprint density at radius 2 is 2.00 bits per heavy atom. The van der Waals surface area contributed by atoms with Crippen LogP contribution in [0.1, 0.15) is 22.3 Å². The summed E-state index contributed by atoms with van der Waals surface area (Å²) in [5.41, 5.74) is 0.388. The van der Waals surface area contributed by atoms with Gasteiger partial charge in [-0.1, -0.05) is 23.7 Å². The van der Waals surface area contributed by atoms with Crippen molar-refractivity contribution < 1.29 is 30.8 Å². The molecule has 3 rings (SSSR count). The fraction of sp³-hybridized carbons (Fsp3) is 0.278. The van der Waals surface area contributed by atoms with Crippen molar-refractivity contribution in [2.75, 3.05) is 11.5 Å². The third kappa shape index (κ3) is 5.53. The van der Waals surface area contributed by atoms with Crippen LogP contribution in [-0.4, -0.2) is 40.4 Å². The molecule has 1 fully saturated rings. The molecule has 1 atom stereocenters. The standard InChI is InChI=1S/C18H17ClFNO6S2/c19-17-9-14(20)5-4-13(17)10-27-18(22)12-2-1-3-16(8-12)29(25,26)21-15-6-7-28(23,24)11-15/h1-5,8-9,15,21H,6-7,10-11H2. The van der Waals surface area contributed by atoms with Gasteiger partial charge in [-0.15, -0.1) is 0 Å². The van der Waals surface area contributed by atoms with Crippen LogP contribution >= 0.6 is 11.6 Å². The zero-order valence-corrected chi connectivity index (χ0v) is 17.4. The summed E-state index contributed by atoms with van der Waals surface area (Å²) in [6.07, 6.45) is 0.196. The summed E-state index contributed by atoms with van der Waals surface area (Å²) in [7, 11) is -7.26. The second-order valence-corrected chi connectivity index (χ2v) is 10.9. The maximum absolute atomic E-state index is 13.1. The number of nitrogens with one attached hydrogen (secondary N) is 1. The lowest BCUT2D eigenvalue weighted by molar-refractivity contribution is 0.0472. The van der Waals surface area contributed by atoms with Gasteiger partial charge in [0.15, 0.2) is 9.84 Å². The third-order valence-electron chi connectivity index (χ3n) is 4.31. The third-order valence-corrected chi connectivity index (χ3v) is 7.95. The Morgan fingerprint density at radius 1 is 1.24 bits per heavy atom. The number of halogens is 2. The molecule has 11 heteroatoms. The Morgan fingerprint density at radius 3 is 2.66 bits per heavy atom. The van der Waals surface area contributed by atoms with E-state index in [1.54, 1.807) is 0 Å². The van der Waals surface area contributed by atoms with E-state index >= 15 is 0 Å². The molecule has 0 aliphatic carbocycles. The van der Waals surface area contributed by atoms with Gasteiger partial charge in [-0.05, 0) is 36.8 Å². The number of sulfonamides is 1. The van der Waals surface area contributed by atoms with Crippen molar-refractivity contribution in [2.45, 2.75) is 24.0 Å². The number of hydrogen-bond acceptors (Lipinski definition) is 6. The molecule has 0 bridgehead atoms. The highest BCUT2D eigenvalue weighted by Gasteiger charge is 2.31. The van der Waals surface area contributed by atoms with Crippen LogP contribution in [0.4, 0.5) is 4.39 Å². The van der Waals surface area contributed by atoms with Crippen LogP contribution in [0.2, 0.25) is 5.02 Å². The number of ether oxygens (including phenoxy) is 1. The first kappa shape index (κ1) is 21.7. The molecule has 0 spiro atoms. The van der Waals surface area contributed by atoms with Gasteiger partial charge in [-0.25, -0.2) is 30.7 Å². The lowest BCUT2D eigenvalue weighted by Gasteiger charge is -2.12. The molecule has 0 saturated carbocycles. The number of esters is 1. The molecule has 1 saturated heterocycles. The predicted molar refractivity (Wildman–Crippen MR) is 104 cm³/mol. The van der Waals surface area contributed by atoms with Gasteiger partial charge in [-0.2, -0.15) is 0 Å². The summed E-state index contributed by atoms with van der Waals surface area (Å²) in [5.74, 6) is -1.64. The SMILES string of the molecule is O=C(OCc1ccc(F)cc1Cl)c1cccc(S(=O)(=O)NC2CCS(=O)(=O)C2)c1. The quantitative estimate of drug-likeness (QED) is 0.661. The van der Waals surface area contributed by atoms with Gasteiger partial charge in [0.25, 0.3) is 0 Å². The first-order valence-corrected chi connectivity index (χ1v) is 12.2. The Hall–Kier alpha value is -2.01. The van der Waals surface area contributed by atoms with E-state index in [1.807, 2.05) is 0 Å². The first-order chi connectivity index (χ1) is 13.6. The van der Waals surface area contributed by atoms with Crippen LogP contribution in [0.5, 0.6) is 0 Å². The zero-order valence-electron chi connectivity index (χ0n) is 15.0. The minimum atomic E-state index is -4.01. The van der Waals surface area contributed by atoms with Crippen LogP contribution in [0.15, 0.2) is 47.4 Å². The maximum atomic E-state index is 13.1. The molecule has 2 aromatic rings. The van der Waals surface area contributed by atoms with Crippen LogP contribution < -0.4 is 4.72 Å². The highest BCUT2D eigenvalue weighted by Crippen LogP contribution is 2.20. The second kappa shape index (κ2) is 8.39. The summed E-state index contributed by atoms with van der Waals surface area (Å²) in [4.78, 5) is 12.1. The molecular formula is C18H17ClFNO6S2. The molecule has 1 aliphatic rings. The van der Waals surface area contributed by atoms with E-state index < -0.39 is 37.7 Å². The zero-order chi connectivity index (χ0) is 21.2. The van der Waals surface area contributed by atoms with E-state index in [0.717, 1.165) is 12.1 Å². The van der Waals surface area contributed by atoms with Gasteiger partial charge < -0.3 is 4.74 Å². The number of hydrogen-bond donors (Lipinski definition) is 1. The first-order valence-electron chi connectivity index (χ1n) is 8.50. The van der Waals surface area contributed by atoms with Gasteiger partial charge >= 0.3 is 5.97 Å². The number of carbonyl (C=O) groups is 1. The Bertz CT molecular complexity index is 1150. The molecule has 0 radical (unpaired) electrons. The van der Waals surface area contributed by atoms with Crippen molar-refractivity contribution in [3.63, 3.8) is 0 Å². The van der Waals surface area contributed by atoms with E-state index in [2.05, 4.69) is 4.72 Å². The number of rotatable bonds is 6. The molecule has 1 heterocycles. The Balaban J connectivity index is 1.70. The number of sulfone groups is 1. The van der Waals surface area contributed by atoms with Crippen molar-refractivity contribution in [1.82, 2.24) is 4.72 Å². The van der Waals surface area contributed by atoms with E-state index in [-0.39, 0.29) is 40.0 Å². The lowest BCUT2D eigenvalue weighted by atomic mass is 10.2. The average molecular weight is 462 g/mol. The molecule has 0 aromatic heterocycles. The fourth-order valence-corrected chi connectivity index (χ4v) is 6.15. The van der Waals surface area contributed by atoms with Gasteiger partial charge in [0.05, 0.1) is 27.0 Å². The summed E-state index contributed by atoms with van der Waals surface area (Å²) in [6, 6.07) is 8.13. The molecule has 7 nitrogen and oxygen atoms in total. The van der Waals surface area contributed by atoms with Crippen LogP contribution in [0, 0.1) is 5.82 Å². The smallest absolute Gasteiger partial charge is 0.338 e. The van der Waals surface area contributed by atoms with Gasteiger partial charge in [-0.3, -0.25) is 0 Å². The molecule has 1 N–H and O–H groups in total. The monoisotopic (exact) mass is 461 g/mol. The second-order valence-electron chi connectivity index (χ2n) is 6.56. The van der Waals surface area contributed by atoms with Crippen LogP contribution in [0.25, 0.3) is 0 Å². The van der Waals surface area contributed by atoms with Gasteiger partial charge in [0.2, 0.25) is 10.0 Å². The van der Waals surface area contributed by atoms with Crippen molar-refractivity contribution in [2.24, 2.45) is 0 Å². The maximum Gasteiger partial charge on any atom is 0.338 e. The van der Waals surface area contributed by atoms with E-state index in [9.17, 15) is 26.0 Å². The number of carbonyl (C=O) groups excluding carboxylic acids is 1. The largest absolute Gasteiger partial charge is 0.457 e. The fourth-order valence-electron chi connectivity index (χ4n) is 2.83. The van der Waals surface area contributed by atoms with Crippen molar-refractivity contribution >= 4 is 37.4 Å². The van der Waals surface area contributed by atoms with Gasteiger partial charge in [0.1, 0.15) is 12.4 Å².